The van der Waals surface area contributed by atoms with Crippen LogP contribution in [-0.4, -0.2) is 24.5 Å². The zero-order valence-corrected chi connectivity index (χ0v) is 14.3. The predicted molar refractivity (Wildman–Crippen MR) is 89.1 cm³/mol. The first-order valence-electron chi connectivity index (χ1n) is 8.84. The molecule has 2 heterocycles. The number of nitrogens with one attached hydrogen (secondary N) is 2. The van der Waals surface area contributed by atoms with Gasteiger partial charge in [0.05, 0.1) is 12.6 Å². The normalized spacial score (nSPS) is 28.8. The molecule has 2 saturated carbocycles. The second-order valence-electron chi connectivity index (χ2n) is 7.40. The monoisotopic (exact) mass is 330 g/mol. The fourth-order valence-electron chi connectivity index (χ4n) is 4.46. The molecule has 0 saturated heterocycles. The van der Waals surface area contributed by atoms with Crippen LogP contribution in [0.25, 0.3) is 0 Å². The van der Waals surface area contributed by atoms with Gasteiger partial charge in [0, 0.05) is 22.8 Å². The quantitative estimate of drug-likeness (QED) is 0.881. The van der Waals surface area contributed by atoms with E-state index in [9.17, 15) is 10.1 Å². The molecule has 5 heteroatoms. The Balaban J connectivity index is 1.46. The van der Waals surface area contributed by atoms with Crippen molar-refractivity contribution in [2.75, 3.05) is 13.1 Å². The summed E-state index contributed by atoms with van der Waals surface area (Å²) in [5.74, 6) is 0.815. The lowest BCUT2D eigenvalue weighted by Gasteiger charge is -2.33. The Bertz CT molecular complexity index is 637. The van der Waals surface area contributed by atoms with E-state index in [1.54, 1.807) is 0 Å². The van der Waals surface area contributed by atoms with Crippen molar-refractivity contribution < 1.29 is 9.69 Å². The minimum atomic E-state index is -0.588. The molecule has 1 amide bonds. The van der Waals surface area contributed by atoms with Crippen LogP contribution in [0.3, 0.4) is 0 Å². The third-order valence-corrected chi connectivity index (χ3v) is 6.76. The van der Waals surface area contributed by atoms with Gasteiger partial charge in [-0.2, -0.15) is 5.26 Å². The van der Waals surface area contributed by atoms with E-state index in [1.807, 2.05) is 11.3 Å². The first-order valence-corrected chi connectivity index (χ1v) is 9.72. The number of quaternary nitrogens is 1. The number of fused-ring (bicyclic) bond motifs is 1. The Morgan fingerprint density at radius 3 is 2.91 bits per heavy atom. The minimum Gasteiger partial charge on any atom is -0.333 e. The van der Waals surface area contributed by atoms with Gasteiger partial charge >= 0.3 is 0 Å². The van der Waals surface area contributed by atoms with Gasteiger partial charge in [0.15, 0.2) is 6.54 Å². The standard InChI is InChI=1S/C18H23N3OS/c19-12-18(7-1-2-8-18)20-16(22)11-21-9-5-15-14(6-10-23-15)17(21)13-3-4-13/h6,10,13,17H,1-5,7-9,11H2,(H,20,22)/p+1/t17-/m0/s1. The highest BCUT2D eigenvalue weighted by molar-refractivity contribution is 7.10. The molecule has 2 atom stereocenters. The molecular formula is C18H24N3OS+. The molecule has 23 heavy (non-hydrogen) atoms. The number of nitrogens with zero attached hydrogens (tertiary/aromatic N) is 1. The summed E-state index contributed by atoms with van der Waals surface area (Å²) < 4.78 is 0. The largest absolute Gasteiger partial charge is 0.333 e. The molecule has 1 aromatic rings. The number of nitriles is 1. The zero-order chi connectivity index (χ0) is 15.9. The van der Waals surface area contributed by atoms with E-state index >= 15 is 0 Å². The van der Waals surface area contributed by atoms with Gasteiger partial charge in [-0.1, -0.05) is 0 Å². The third kappa shape index (κ3) is 2.90. The van der Waals surface area contributed by atoms with Crippen LogP contribution in [0.2, 0.25) is 0 Å². The molecule has 4 nitrogen and oxygen atoms in total. The van der Waals surface area contributed by atoms with Gasteiger partial charge in [0.1, 0.15) is 11.6 Å². The number of carbonyl (C=O) groups is 1. The topological polar surface area (TPSA) is 57.3 Å². The van der Waals surface area contributed by atoms with Crippen LogP contribution in [0, 0.1) is 17.2 Å². The number of carbonyl (C=O) groups excluding carboxylic acids is 1. The number of rotatable bonds is 4. The lowest BCUT2D eigenvalue weighted by atomic mass is 9.95. The second kappa shape index (κ2) is 5.92. The van der Waals surface area contributed by atoms with E-state index in [0.29, 0.717) is 12.6 Å². The number of thiophene rings is 1. The van der Waals surface area contributed by atoms with Crippen LogP contribution in [-0.2, 0) is 11.2 Å². The molecule has 3 aliphatic rings. The molecule has 122 valence electrons. The Morgan fingerprint density at radius 2 is 2.22 bits per heavy atom. The van der Waals surface area contributed by atoms with E-state index in [0.717, 1.165) is 44.6 Å². The zero-order valence-electron chi connectivity index (χ0n) is 13.4. The maximum absolute atomic E-state index is 12.6. The molecule has 2 N–H and O–H groups in total. The molecule has 0 bridgehead atoms. The SMILES string of the molecule is N#CC1(NC(=O)C[NH+]2CCc3sccc3[C@@H]2C2CC2)CCCC1. The lowest BCUT2D eigenvalue weighted by molar-refractivity contribution is -0.928. The van der Waals surface area contributed by atoms with Crippen LogP contribution in [0.1, 0.15) is 55.0 Å². The highest BCUT2D eigenvalue weighted by Crippen LogP contribution is 2.42. The van der Waals surface area contributed by atoms with E-state index in [2.05, 4.69) is 22.8 Å². The first-order chi connectivity index (χ1) is 11.2. The van der Waals surface area contributed by atoms with E-state index in [4.69, 9.17) is 0 Å². The summed E-state index contributed by atoms with van der Waals surface area (Å²) >= 11 is 1.87. The average Bonchev–Trinajstić information content (AvgIpc) is 3.08. The summed E-state index contributed by atoms with van der Waals surface area (Å²) in [4.78, 5) is 15.5. The van der Waals surface area contributed by atoms with E-state index < -0.39 is 5.54 Å². The van der Waals surface area contributed by atoms with Crippen LogP contribution in [0.15, 0.2) is 11.4 Å². The Kier molecular flexibility index (Phi) is 3.90. The molecule has 2 aliphatic carbocycles. The molecule has 2 fully saturated rings. The Labute approximate surface area is 141 Å². The maximum Gasteiger partial charge on any atom is 0.276 e. The summed E-state index contributed by atoms with van der Waals surface area (Å²) in [6, 6.07) is 5.13. The van der Waals surface area contributed by atoms with E-state index in [1.165, 1.54) is 28.2 Å². The van der Waals surface area contributed by atoms with Gasteiger partial charge in [-0.05, 0) is 50.0 Å². The van der Waals surface area contributed by atoms with Gasteiger partial charge < -0.3 is 10.2 Å². The average molecular weight is 330 g/mol. The second-order valence-corrected chi connectivity index (χ2v) is 8.40. The minimum absolute atomic E-state index is 0.0628. The summed E-state index contributed by atoms with van der Waals surface area (Å²) in [5.41, 5.74) is 0.900. The van der Waals surface area contributed by atoms with Crippen molar-refractivity contribution in [1.82, 2.24) is 5.32 Å². The molecule has 1 aromatic heterocycles. The summed E-state index contributed by atoms with van der Waals surface area (Å²) in [5, 5.41) is 14.7. The summed E-state index contributed by atoms with van der Waals surface area (Å²) in [6.45, 7) is 1.56. The summed E-state index contributed by atoms with van der Waals surface area (Å²) in [6.07, 6.45) is 7.40. The number of amides is 1. The van der Waals surface area contributed by atoms with Crippen molar-refractivity contribution in [3.05, 3.63) is 21.9 Å². The highest BCUT2D eigenvalue weighted by atomic mass is 32.1. The number of hydrogen-bond acceptors (Lipinski definition) is 3. The van der Waals surface area contributed by atoms with Crippen molar-refractivity contribution in [2.24, 2.45) is 5.92 Å². The fourth-order valence-corrected chi connectivity index (χ4v) is 5.39. The van der Waals surface area contributed by atoms with Gasteiger partial charge in [0.2, 0.25) is 0 Å². The number of hydrogen-bond donors (Lipinski definition) is 2. The van der Waals surface area contributed by atoms with Crippen LogP contribution >= 0.6 is 11.3 Å². The van der Waals surface area contributed by atoms with Gasteiger partial charge in [-0.15, -0.1) is 11.3 Å². The Hall–Kier alpha value is -1.38. The van der Waals surface area contributed by atoms with Gasteiger partial charge in [-0.25, -0.2) is 0 Å². The fraction of sp³-hybridized carbons (Fsp3) is 0.667. The van der Waals surface area contributed by atoms with Crippen molar-refractivity contribution in [2.45, 2.75) is 56.5 Å². The van der Waals surface area contributed by atoms with Crippen molar-refractivity contribution in [3.8, 4) is 6.07 Å². The van der Waals surface area contributed by atoms with Gasteiger partial charge in [0.25, 0.3) is 5.91 Å². The van der Waals surface area contributed by atoms with Crippen LogP contribution in [0.4, 0.5) is 0 Å². The first kappa shape index (κ1) is 15.2. The van der Waals surface area contributed by atoms with Crippen LogP contribution in [0.5, 0.6) is 0 Å². The lowest BCUT2D eigenvalue weighted by Crippen LogP contribution is -3.14. The molecule has 1 unspecified atom stereocenters. The molecular weight excluding hydrogens is 306 g/mol. The molecule has 4 rings (SSSR count). The van der Waals surface area contributed by atoms with Gasteiger partial charge in [-0.3, -0.25) is 4.79 Å². The maximum atomic E-state index is 12.6. The van der Waals surface area contributed by atoms with Crippen molar-refractivity contribution >= 4 is 17.2 Å². The molecule has 1 aliphatic heterocycles. The third-order valence-electron chi connectivity index (χ3n) is 5.76. The van der Waals surface area contributed by atoms with Crippen molar-refractivity contribution in [1.29, 1.82) is 5.26 Å². The van der Waals surface area contributed by atoms with E-state index in [-0.39, 0.29) is 5.91 Å². The molecule has 0 spiro atoms. The molecule has 0 aromatic carbocycles. The van der Waals surface area contributed by atoms with Crippen molar-refractivity contribution in [3.63, 3.8) is 0 Å². The molecule has 0 radical (unpaired) electrons. The van der Waals surface area contributed by atoms with Crippen LogP contribution < -0.4 is 10.2 Å². The highest BCUT2D eigenvalue weighted by Gasteiger charge is 2.44. The predicted octanol–water partition coefficient (Wildman–Crippen LogP) is 1.59. The smallest absolute Gasteiger partial charge is 0.276 e. The Morgan fingerprint density at radius 1 is 1.43 bits per heavy atom. The summed E-state index contributed by atoms with van der Waals surface area (Å²) in [7, 11) is 0.